The van der Waals surface area contributed by atoms with Gasteiger partial charge in [0.2, 0.25) is 5.91 Å². The van der Waals surface area contributed by atoms with Crippen LogP contribution in [0, 0.1) is 0 Å². The van der Waals surface area contributed by atoms with Crippen LogP contribution in [0.3, 0.4) is 0 Å². The summed E-state index contributed by atoms with van der Waals surface area (Å²) in [5, 5.41) is 5.95. The first-order valence-electron chi connectivity index (χ1n) is 11.2. The fraction of sp³-hybridized carbons (Fsp3) is 0.222. The summed E-state index contributed by atoms with van der Waals surface area (Å²) in [5.41, 5.74) is 5.24. The van der Waals surface area contributed by atoms with Gasteiger partial charge in [-0.2, -0.15) is 0 Å². The van der Waals surface area contributed by atoms with Crippen molar-refractivity contribution in [3.8, 4) is 16.9 Å². The number of nitrogens with zero attached hydrogens (tertiary/aromatic N) is 1. The maximum atomic E-state index is 11.7. The minimum atomic E-state index is -0.368. The lowest BCUT2D eigenvalue weighted by molar-refractivity contribution is -0.118. The second-order valence-electron chi connectivity index (χ2n) is 7.75. The summed E-state index contributed by atoms with van der Waals surface area (Å²) < 4.78 is 5.72. The van der Waals surface area contributed by atoms with Crippen LogP contribution in [-0.4, -0.2) is 35.3 Å². The molecule has 0 saturated carbocycles. The number of hydrogen-bond acceptors (Lipinski definition) is 6. The van der Waals surface area contributed by atoms with Crippen molar-refractivity contribution >= 4 is 28.6 Å². The van der Waals surface area contributed by atoms with Crippen molar-refractivity contribution in [3.05, 3.63) is 90.0 Å². The summed E-state index contributed by atoms with van der Waals surface area (Å²) in [6.45, 7) is 2.74. The second-order valence-corrected chi connectivity index (χ2v) is 8.92. The molecule has 4 rings (SSSR count). The normalized spacial score (nSPS) is 15.8. The molecule has 0 spiro atoms. The predicted octanol–water partition coefficient (Wildman–Crippen LogP) is 5.46. The van der Waals surface area contributed by atoms with Crippen molar-refractivity contribution < 1.29 is 19.2 Å². The van der Waals surface area contributed by atoms with Crippen LogP contribution in [0.4, 0.5) is 4.79 Å². The van der Waals surface area contributed by atoms with Gasteiger partial charge in [-0.15, -0.1) is 0 Å². The highest BCUT2D eigenvalue weighted by Crippen LogP contribution is 2.24. The SMILES string of the molecule is CC/C(=N\OCCOc1ccc(CC2SC(=O)NC2=O)cc1)c1ccc(-c2ccccc2)cc1. The maximum Gasteiger partial charge on any atom is 0.286 e. The molecule has 6 nitrogen and oxygen atoms in total. The first-order chi connectivity index (χ1) is 16.6. The minimum Gasteiger partial charge on any atom is -0.490 e. The Labute approximate surface area is 203 Å². The van der Waals surface area contributed by atoms with E-state index in [1.165, 1.54) is 11.1 Å². The molecular formula is C27H26N2O4S. The van der Waals surface area contributed by atoms with Crippen molar-refractivity contribution in [1.82, 2.24) is 5.32 Å². The number of rotatable bonds is 10. The van der Waals surface area contributed by atoms with Gasteiger partial charge in [-0.05, 0) is 47.2 Å². The molecule has 1 heterocycles. The van der Waals surface area contributed by atoms with E-state index < -0.39 is 0 Å². The zero-order chi connectivity index (χ0) is 23.8. The molecule has 1 fully saturated rings. The van der Waals surface area contributed by atoms with Gasteiger partial charge in [0.15, 0.2) is 6.61 Å². The molecule has 0 bridgehead atoms. The number of thioether (sulfide) groups is 1. The summed E-state index contributed by atoms with van der Waals surface area (Å²) in [6.07, 6.45) is 1.27. The number of imide groups is 1. The summed E-state index contributed by atoms with van der Waals surface area (Å²) in [4.78, 5) is 28.5. The van der Waals surface area contributed by atoms with Gasteiger partial charge < -0.3 is 9.57 Å². The molecule has 1 unspecified atom stereocenters. The van der Waals surface area contributed by atoms with E-state index in [9.17, 15) is 9.59 Å². The monoisotopic (exact) mass is 474 g/mol. The molecule has 7 heteroatoms. The van der Waals surface area contributed by atoms with Crippen LogP contribution in [0.1, 0.15) is 24.5 Å². The number of benzene rings is 3. The first kappa shape index (κ1) is 23.6. The molecule has 1 aliphatic rings. The molecule has 1 atom stereocenters. The third kappa shape index (κ3) is 6.26. The molecule has 0 aliphatic carbocycles. The zero-order valence-corrected chi connectivity index (χ0v) is 19.7. The topological polar surface area (TPSA) is 77.0 Å². The Morgan fingerprint density at radius 1 is 0.912 bits per heavy atom. The smallest absolute Gasteiger partial charge is 0.286 e. The fourth-order valence-electron chi connectivity index (χ4n) is 3.59. The molecule has 2 amide bonds. The van der Waals surface area contributed by atoms with Crippen LogP contribution >= 0.6 is 11.8 Å². The Balaban J connectivity index is 1.23. The van der Waals surface area contributed by atoms with E-state index in [1.54, 1.807) is 0 Å². The van der Waals surface area contributed by atoms with Crippen molar-refractivity contribution in [2.75, 3.05) is 13.2 Å². The predicted molar refractivity (Wildman–Crippen MR) is 135 cm³/mol. The van der Waals surface area contributed by atoms with Crippen LogP contribution in [0.5, 0.6) is 5.75 Å². The third-order valence-corrected chi connectivity index (χ3v) is 6.37. The number of carbonyl (C=O) groups is 2. The maximum absolute atomic E-state index is 11.7. The highest BCUT2D eigenvalue weighted by molar-refractivity contribution is 8.15. The van der Waals surface area contributed by atoms with Crippen LogP contribution in [-0.2, 0) is 16.1 Å². The molecule has 174 valence electrons. The number of hydrogen-bond donors (Lipinski definition) is 1. The number of ether oxygens (including phenoxy) is 1. The summed E-state index contributed by atoms with van der Waals surface area (Å²) in [7, 11) is 0. The minimum absolute atomic E-state index is 0.230. The number of nitrogens with one attached hydrogen (secondary N) is 1. The molecule has 34 heavy (non-hydrogen) atoms. The average molecular weight is 475 g/mol. The van der Waals surface area contributed by atoms with Gasteiger partial charge in [-0.25, -0.2) is 0 Å². The Hall–Kier alpha value is -3.58. The van der Waals surface area contributed by atoms with Gasteiger partial charge in [-0.1, -0.05) is 90.6 Å². The Bertz CT molecular complexity index is 1150. The molecule has 1 aliphatic heterocycles. The van der Waals surface area contributed by atoms with E-state index in [-0.39, 0.29) is 16.4 Å². The Morgan fingerprint density at radius 3 is 2.26 bits per heavy atom. The largest absolute Gasteiger partial charge is 0.490 e. The lowest BCUT2D eigenvalue weighted by Gasteiger charge is -2.09. The van der Waals surface area contributed by atoms with E-state index in [0.29, 0.717) is 25.4 Å². The molecule has 0 radical (unpaired) electrons. The quantitative estimate of drug-likeness (QED) is 0.240. The van der Waals surface area contributed by atoms with Crippen molar-refractivity contribution in [3.63, 3.8) is 0 Å². The van der Waals surface area contributed by atoms with E-state index in [2.05, 4.69) is 53.8 Å². The fourth-order valence-corrected chi connectivity index (χ4v) is 4.45. The van der Waals surface area contributed by atoms with E-state index in [1.807, 2.05) is 42.5 Å². The summed E-state index contributed by atoms with van der Waals surface area (Å²) >= 11 is 1.03. The molecular weight excluding hydrogens is 448 g/mol. The van der Waals surface area contributed by atoms with Gasteiger partial charge in [-0.3, -0.25) is 14.9 Å². The van der Waals surface area contributed by atoms with Crippen LogP contribution < -0.4 is 10.1 Å². The van der Waals surface area contributed by atoms with Crippen molar-refractivity contribution in [1.29, 1.82) is 0 Å². The van der Waals surface area contributed by atoms with Crippen LogP contribution in [0.25, 0.3) is 11.1 Å². The van der Waals surface area contributed by atoms with E-state index in [0.717, 1.165) is 35.0 Å². The van der Waals surface area contributed by atoms with Gasteiger partial charge in [0, 0.05) is 0 Å². The summed E-state index contributed by atoms with van der Waals surface area (Å²) in [5.74, 6) is 0.481. The molecule has 1 N–H and O–H groups in total. The van der Waals surface area contributed by atoms with Crippen molar-refractivity contribution in [2.24, 2.45) is 5.16 Å². The molecule has 3 aromatic rings. The van der Waals surface area contributed by atoms with Crippen molar-refractivity contribution in [2.45, 2.75) is 25.0 Å². The Kier molecular flexibility index (Phi) is 7.99. The molecule has 1 saturated heterocycles. The number of oxime groups is 1. The first-order valence-corrected chi connectivity index (χ1v) is 12.1. The standard InChI is InChI=1S/C27H26N2O4S/c1-2-24(22-12-10-21(11-13-22)20-6-4-3-5-7-20)29-33-17-16-32-23-14-8-19(9-15-23)18-25-26(30)28-27(31)34-25/h3-15,25H,2,16-18H2,1H3,(H,28,30,31)/b29-24+. The number of amides is 2. The zero-order valence-electron chi connectivity index (χ0n) is 18.9. The van der Waals surface area contributed by atoms with E-state index in [4.69, 9.17) is 9.57 Å². The second kappa shape index (κ2) is 11.5. The van der Waals surface area contributed by atoms with Crippen LogP contribution in [0.15, 0.2) is 84.0 Å². The molecule has 3 aromatic carbocycles. The Morgan fingerprint density at radius 2 is 1.62 bits per heavy atom. The molecule has 0 aromatic heterocycles. The highest BCUT2D eigenvalue weighted by atomic mass is 32.2. The van der Waals surface area contributed by atoms with Gasteiger partial charge >= 0.3 is 0 Å². The van der Waals surface area contributed by atoms with Gasteiger partial charge in [0.05, 0.1) is 11.0 Å². The van der Waals surface area contributed by atoms with E-state index >= 15 is 0 Å². The van der Waals surface area contributed by atoms with Gasteiger partial charge in [0.1, 0.15) is 12.4 Å². The van der Waals surface area contributed by atoms with Gasteiger partial charge in [0.25, 0.3) is 5.24 Å². The average Bonchev–Trinajstić information content (AvgIpc) is 3.19. The summed E-state index contributed by atoms with van der Waals surface area (Å²) in [6, 6.07) is 26.1. The number of carbonyl (C=O) groups excluding carboxylic acids is 2. The third-order valence-electron chi connectivity index (χ3n) is 5.39. The lowest BCUT2D eigenvalue weighted by Crippen LogP contribution is -2.25. The highest BCUT2D eigenvalue weighted by Gasteiger charge is 2.31. The van der Waals surface area contributed by atoms with Crippen LogP contribution in [0.2, 0.25) is 0 Å². The lowest BCUT2D eigenvalue weighted by atomic mass is 10.0.